The summed E-state index contributed by atoms with van der Waals surface area (Å²) < 4.78 is 13.7. The number of benzene rings is 1. The largest absolute Gasteiger partial charge is 0.298 e. The quantitative estimate of drug-likeness (QED) is 0.332. The molecule has 0 bridgehead atoms. The summed E-state index contributed by atoms with van der Waals surface area (Å²) in [6, 6.07) is 4.74. The highest BCUT2D eigenvalue weighted by molar-refractivity contribution is 5.76. The summed E-state index contributed by atoms with van der Waals surface area (Å²) in [6.45, 7) is 2.23. The van der Waals surface area contributed by atoms with E-state index in [4.69, 9.17) is 0 Å². The number of rotatable bonds is 9. The molecule has 0 heterocycles. The first-order chi connectivity index (χ1) is 10.3. The molecule has 0 aromatic heterocycles. The Labute approximate surface area is 128 Å². The summed E-state index contributed by atoms with van der Waals surface area (Å²) in [5.74, 6) is 5.32. The first kappa shape index (κ1) is 17.4. The SMILES string of the molecule is CCCCCCCCCCC#Cc1cccc(C=O)c1F. The molecule has 0 aliphatic rings. The molecule has 0 N–H and O–H groups in total. The molecular weight excluding hydrogens is 263 g/mol. The van der Waals surface area contributed by atoms with Gasteiger partial charge in [-0.2, -0.15) is 0 Å². The van der Waals surface area contributed by atoms with Crippen molar-refractivity contribution in [2.75, 3.05) is 0 Å². The average Bonchev–Trinajstić information content (AvgIpc) is 2.50. The van der Waals surface area contributed by atoms with Crippen LogP contribution in [0.15, 0.2) is 18.2 Å². The van der Waals surface area contributed by atoms with Crippen molar-refractivity contribution in [3.05, 3.63) is 35.1 Å². The van der Waals surface area contributed by atoms with E-state index in [-0.39, 0.29) is 5.56 Å². The highest BCUT2D eigenvalue weighted by atomic mass is 19.1. The summed E-state index contributed by atoms with van der Waals surface area (Å²) in [4.78, 5) is 10.6. The maximum atomic E-state index is 13.7. The number of carbonyl (C=O) groups excluding carboxylic acids is 1. The molecule has 1 rings (SSSR count). The van der Waals surface area contributed by atoms with E-state index in [9.17, 15) is 9.18 Å². The van der Waals surface area contributed by atoms with Gasteiger partial charge in [0.25, 0.3) is 0 Å². The molecule has 2 heteroatoms. The normalized spacial score (nSPS) is 10.0. The first-order valence-electron chi connectivity index (χ1n) is 8.02. The minimum absolute atomic E-state index is 0.0777. The summed E-state index contributed by atoms with van der Waals surface area (Å²) in [5.41, 5.74) is 0.396. The van der Waals surface area contributed by atoms with E-state index in [1.807, 2.05) is 0 Å². The molecule has 0 spiro atoms. The zero-order valence-electron chi connectivity index (χ0n) is 13.0. The standard InChI is InChI=1S/C19H25FO/c1-2-3-4-5-6-7-8-9-10-11-13-17-14-12-15-18(16-21)19(17)20/h12,14-16H,2-10H2,1H3. The van der Waals surface area contributed by atoms with Crippen molar-refractivity contribution < 1.29 is 9.18 Å². The Morgan fingerprint density at radius 2 is 1.71 bits per heavy atom. The van der Waals surface area contributed by atoms with E-state index in [1.54, 1.807) is 12.1 Å². The van der Waals surface area contributed by atoms with Crippen LogP contribution in [-0.4, -0.2) is 6.29 Å². The van der Waals surface area contributed by atoms with Crippen molar-refractivity contribution >= 4 is 6.29 Å². The van der Waals surface area contributed by atoms with Crippen molar-refractivity contribution in [2.24, 2.45) is 0 Å². The second-order valence-electron chi connectivity index (χ2n) is 5.35. The van der Waals surface area contributed by atoms with Crippen molar-refractivity contribution in [1.82, 2.24) is 0 Å². The third kappa shape index (κ3) is 7.09. The van der Waals surface area contributed by atoms with Crippen LogP contribution >= 0.6 is 0 Å². The molecule has 114 valence electrons. The Morgan fingerprint density at radius 1 is 1.05 bits per heavy atom. The summed E-state index contributed by atoms with van der Waals surface area (Å²) in [7, 11) is 0. The molecule has 0 radical (unpaired) electrons. The molecule has 0 amide bonds. The Morgan fingerprint density at radius 3 is 2.38 bits per heavy atom. The topological polar surface area (TPSA) is 17.1 Å². The number of hydrogen-bond acceptors (Lipinski definition) is 1. The van der Waals surface area contributed by atoms with Gasteiger partial charge in [0.2, 0.25) is 0 Å². The fourth-order valence-corrected chi connectivity index (χ4v) is 2.24. The van der Waals surface area contributed by atoms with Gasteiger partial charge in [0.1, 0.15) is 5.82 Å². The third-order valence-corrected chi connectivity index (χ3v) is 3.53. The van der Waals surface area contributed by atoms with Crippen molar-refractivity contribution in [3.63, 3.8) is 0 Å². The van der Waals surface area contributed by atoms with Gasteiger partial charge in [0.05, 0.1) is 11.1 Å². The average molecular weight is 288 g/mol. The summed E-state index contributed by atoms with van der Waals surface area (Å²) in [6.07, 6.45) is 11.5. The maximum absolute atomic E-state index is 13.7. The Balaban J connectivity index is 2.20. The fraction of sp³-hybridized carbons (Fsp3) is 0.526. The van der Waals surface area contributed by atoms with Crippen LogP contribution in [-0.2, 0) is 0 Å². The van der Waals surface area contributed by atoms with Crippen LogP contribution in [0.1, 0.15) is 80.6 Å². The van der Waals surface area contributed by atoms with Gasteiger partial charge in [-0.25, -0.2) is 4.39 Å². The summed E-state index contributed by atoms with van der Waals surface area (Å²) >= 11 is 0. The van der Waals surface area contributed by atoms with Crippen molar-refractivity contribution in [3.8, 4) is 11.8 Å². The zero-order chi connectivity index (χ0) is 15.3. The molecule has 0 aliphatic carbocycles. The number of hydrogen-bond donors (Lipinski definition) is 0. The van der Waals surface area contributed by atoms with Crippen molar-refractivity contribution in [1.29, 1.82) is 0 Å². The molecule has 0 saturated heterocycles. The van der Waals surface area contributed by atoms with Crippen LogP contribution in [0.5, 0.6) is 0 Å². The van der Waals surface area contributed by atoms with E-state index >= 15 is 0 Å². The highest BCUT2D eigenvalue weighted by Gasteiger charge is 2.03. The Kier molecular flexibility index (Phi) is 9.20. The smallest absolute Gasteiger partial charge is 0.153 e. The van der Waals surface area contributed by atoms with Gasteiger partial charge < -0.3 is 0 Å². The molecule has 0 saturated carbocycles. The molecule has 0 atom stereocenters. The lowest BCUT2D eigenvalue weighted by Gasteiger charge is -1.99. The Hall–Kier alpha value is -1.62. The monoisotopic (exact) mass is 288 g/mol. The van der Waals surface area contributed by atoms with E-state index < -0.39 is 5.82 Å². The Bertz CT molecular complexity index is 482. The molecule has 21 heavy (non-hydrogen) atoms. The molecule has 0 unspecified atom stereocenters. The maximum Gasteiger partial charge on any atom is 0.153 e. The fourth-order valence-electron chi connectivity index (χ4n) is 2.24. The second kappa shape index (κ2) is 11.1. The van der Waals surface area contributed by atoms with Gasteiger partial charge in [0.15, 0.2) is 6.29 Å². The van der Waals surface area contributed by atoms with Crippen molar-refractivity contribution in [2.45, 2.75) is 64.7 Å². The van der Waals surface area contributed by atoms with E-state index in [1.165, 1.54) is 51.0 Å². The van der Waals surface area contributed by atoms with Gasteiger partial charge in [-0.1, -0.05) is 69.8 Å². The lowest BCUT2D eigenvalue weighted by Crippen LogP contribution is -1.91. The van der Waals surface area contributed by atoms with E-state index in [0.717, 1.165) is 12.8 Å². The van der Waals surface area contributed by atoms with Gasteiger partial charge >= 0.3 is 0 Å². The van der Waals surface area contributed by atoms with Gasteiger partial charge in [-0.3, -0.25) is 4.79 Å². The molecule has 0 fully saturated rings. The molecular formula is C19H25FO. The van der Waals surface area contributed by atoms with Crippen LogP contribution in [0.2, 0.25) is 0 Å². The number of unbranched alkanes of at least 4 members (excludes halogenated alkanes) is 8. The van der Waals surface area contributed by atoms with Crippen LogP contribution in [0.3, 0.4) is 0 Å². The first-order valence-corrected chi connectivity index (χ1v) is 8.02. The zero-order valence-corrected chi connectivity index (χ0v) is 13.0. The third-order valence-electron chi connectivity index (χ3n) is 3.53. The van der Waals surface area contributed by atoms with E-state index in [2.05, 4.69) is 18.8 Å². The molecule has 1 aromatic carbocycles. The minimum Gasteiger partial charge on any atom is -0.298 e. The van der Waals surface area contributed by atoms with Gasteiger partial charge in [0, 0.05) is 6.42 Å². The van der Waals surface area contributed by atoms with Crippen LogP contribution in [0.25, 0.3) is 0 Å². The molecule has 0 aliphatic heterocycles. The number of halogens is 1. The molecule has 1 nitrogen and oxygen atoms in total. The number of carbonyl (C=O) groups is 1. The predicted molar refractivity (Wildman–Crippen MR) is 85.9 cm³/mol. The predicted octanol–water partition coefficient (Wildman–Crippen LogP) is 5.52. The number of aldehydes is 1. The highest BCUT2D eigenvalue weighted by Crippen LogP contribution is 2.11. The summed E-state index contributed by atoms with van der Waals surface area (Å²) in [5, 5.41) is 0. The lowest BCUT2D eigenvalue weighted by molar-refractivity contribution is 0.111. The van der Waals surface area contributed by atoms with Gasteiger partial charge in [-0.05, 0) is 18.6 Å². The minimum atomic E-state index is -0.504. The van der Waals surface area contributed by atoms with Crippen LogP contribution in [0.4, 0.5) is 4.39 Å². The van der Waals surface area contributed by atoms with Crippen LogP contribution < -0.4 is 0 Å². The van der Waals surface area contributed by atoms with E-state index in [0.29, 0.717) is 11.8 Å². The lowest BCUT2D eigenvalue weighted by atomic mass is 10.1. The van der Waals surface area contributed by atoms with Gasteiger partial charge in [-0.15, -0.1) is 0 Å². The van der Waals surface area contributed by atoms with Crippen LogP contribution in [0, 0.1) is 17.7 Å². The second-order valence-corrected chi connectivity index (χ2v) is 5.35. The molecule has 1 aromatic rings.